The number of alkyl halides is 3. The molecule has 0 amide bonds. The maximum absolute atomic E-state index is 13.1. The molecule has 0 spiro atoms. The fourth-order valence-electron chi connectivity index (χ4n) is 2.27. The number of benzene rings is 1. The standard InChI is InChI=1S/C14H14F3NO3/c1-3-21-13(20)12(19)8-7-18(2)10-6-4-5-9(11(8)10)14(15,16)17/h4-7,12,19H,3H2,1-2H3. The van der Waals surface area contributed by atoms with E-state index in [-0.39, 0.29) is 23.1 Å². The molecule has 4 nitrogen and oxygen atoms in total. The maximum atomic E-state index is 13.1. The first-order valence-corrected chi connectivity index (χ1v) is 6.27. The lowest BCUT2D eigenvalue weighted by atomic mass is 10.0. The van der Waals surface area contributed by atoms with Crippen molar-refractivity contribution < 1.29 is 27.8 Å². The maximum Gasteiger partial charge on any atom is 0.417 e. The smallest absolute Gasteiger partial charge is 0.417 e. The number of carbonyl (C=O) groups is 1. The van der Waals surface area contributed by atoms with Gasteiger partial charge >= 0.3 is 12.1 Å². The molecule has 1 heterocycles. The molecule has 1 atom stereocenters. The van der Waals surface area contributed by atoms with Gasteiger partial charge in [0.15, 0.2) is 6.10 Å². The van der Waals surface area contributed by atoms with Crippen LogP contribution in [0.25, 0.3) is 10.9 Å². The number of nitrogens with zero attached hydrogens (tertiary/aromatic N) is 1. The average molecular weight is 301 g/mol. The van der Waals surface area contributed by atoms with Crippen molar-refractivity contribution in [3.63, 3.8) is 0 Å². The summed E-state index contributed by atoms with van der Waals surface area (Å²) in [5.74, 6) is -0.970. The summed E-state index contributed by atoms with van der Waals surface area (Å²) in [5, 5.41) is 9.78. The summed E-state index contributed by atoms with van der Waals surface area (Å²) < 4.78 is 45.4. The summed E-state index contributed by atoms with van der Waals surface area (Å²) in [4.78, 5) is 11.6. The zero-order valence-electron chi connectivity index (χ0n) is 11.4. The Hall–Kier alpha value is -2.02. The van der Waals surface area contributed by atoms with Gasteiger partial charge in [0.25, 0.3) is 0 Å². The van der Waals surface area contributed by atoms with E-state index in [1.807, 2.05) is 0 Å². The quantitative estimate of drug-likeness (QED) is 0.887. The molecule has 7 heteroatoms. The number of hydrogen-bond donors (Lipinski definition) is 1. The molecule has 114 valence electrons. The summed E-state index contributed by atoms with van der Waals surface area (Å²) in [7, 11) is 1.55. The van der Waals surface area contributed by atoms with Crippen LogP contribution in [0.5, 0.6) is 0 Å². The molecule has 0 saturated carbocycles. The summed E-state index contributed by atoms with van der Waals surface area (Å²) in [6, 6.07) is 3.70. The van der Waals surface area contributed by atoms with Crippen molar-refractivity contribution in [2.75, 3.05) is 6.61 Å². The lowest BCUT2D eigenvalue weighted by molar-refractivity contribution is -0.153. The van der Waals surface area contributed by atoms with E-state index in [4.69, 9.17) is 0 Å². The number of aromatic nitrogens is 1. The molecule has 1 N–H and O–H groups in total. The van der Waals surface area contributed by atoms with Crippen molar-refractivity contribution in [1.29, 1.82) is 0 Å². The van der Waals surface area contributed by atoms with Crippen molar-refractivity contribution in [3.8, 4) is 0 Å². The largest absolute Gasteiger partial charge is 0.464 e. The lowest BCUT2D eigenvalue weighted by Crippen LogP contribution is -2.16. The molecule has 0 aliphatic carbocycles. The van der Waals surface area contributed by atoms with Crippen LogP contribution in [0.1, 0.15) is 24.2 Å². The molecule has 2 aromatic rings. The number of ether oxygens (including phenoxy) is 1. The highest BCUT2D eigenvalue weighted by Crippen LogP contribution is 2.38. The second-order valence-electron chi connectivity index (χ2n) is 4.55. The van der Waals surface area contributed by atoms with Crippen molar-refractivity contribution in [3.05, 3.63) is 35.5 Å². The SMILES string of the molecule is CCOC(=O)C(O)c1cn(C)c2cccc(C(F)(F)F)c12. The Labute approximate surface area is 118 Å². The van der Waals surface area contributed by atoms with E-state index in [9.17, 15) is 23.1 Å². The predicted molar refractivity (Wildman–Crippen MR) is 69.5 cm³/mol. The Balaban J connectivity index is 2.67. The number of esters is 1. The van der Waals surface area contributed by atoms with Crippen molar-refractivity contribution in [2.24, 2.45) is 7.05 Å². The van der Waals surface area contributed by atoms with Crippen LogP contribution < -0.4 is 0 Å². The first kappa shape index (κ1) is 15.4. The van der Waals surface area contributed by atoms with Crippen LogP contribution in [0.3, 0.4) is 0 Å². The number of aliphatic hydroxyl groups excluding tert-OH is 1. The normalized spacial score (nSPS) is 13.4. The first-order valence-electron chi connectivity index (χ1n) is 6.27. The Morgan fingerprint density at radius 1 is 1.43 bits per heavy atom. The molecule has 2 rings (SSSR count). The topological polar surface area (TPSA) is 51.5 Å². The molecule has 0 radical (unpaired) electrons. The molecule has 0 fully saturated rings. The third-order valence-electron chi connectivity index (χ3n) is 3.15. The number of rotatable bonds is 3. The van der Waals surface area contributed by atoms with E-state index < -0.39 is 23.8 Å². The zero-order valence-corrected chi connectivity index (χ0v) is 11.4. The minimum atomic E-state index is -4.58. The van der Waals surface area contributed by atoms with Gasteiger partial charge in [-0.3, -0.25) is 0 Å². The van der Waals surface area contributed by atoms with Gasteiger partial charge in [-0.15, -0.1) is 0 Å². The Morgan fingerprint density at radius 2 is 2.10 bits per heavy atom. The van der Waals surface area contributed by atoms with Gasteiger partial charge in [0.2, 0.25) is 0 Å². The van der Waals surface area contributed by atoms with Gasteiger partial charge in [-0.05, 0) is 19.1 Å². The Kier molecular flexibility index (Phi) is 3.95. The molecule has 1 aromatic heterocycles. The number of hydrogen-bond acceptors (Lipinski definition) is 3. The fraction of sp³-hybridized carbons (Fsp3) is 0.357. The molecule has 0 saturated heterocycles. The minimum Gasteiger partial charge on any atom is -0.464 e. The predicted octanol–water partition coefficient (Wildman–Crippen LogP) is 2.79. The van der Waals surface area contributed by atoms with E-state index in [2.05, 4.69) is 4.74 Å². The zero-order chi connectivity index (χ0) is 15.8. The fourth-order valence-corrected chi connectivity index (χ4v) is 2.27. The van der Waals surface area contributed by atoms with Crippen molar-refractivity contribution in [2.45, 2.75) is 19.2 Å². The monoisotopic (exact) mass is 301 g/mol. The van der Waals surface area contributed by atoms with Gasteiger partial charge in [-0.25, -0.2) is 4.79 Å². The highest BCUT2D eigenvalue weighted by atomic mass is 19.4. The van der Waals surface area contributed by atoms with Gasteiger partial charge in [-0.1, -0.05) is 6.07 Å². The third kappa shape index (κ3) is 2.73. The molecular weight excluding hydrogens is 287 g/mol. The number of aliphatic hydroxyl groups is 1. The minimum absolute atomic E-state index is 0.0345. The van der Waals surface area contributed by atoms with E-state index in [0.29, 0.717) is 0 Å². The van der Waals surface area contributed by atoms with E-state index in [1.165, 1.54) is 22.9 Å². The van der Waals surface area contributed by atoms with Crippen LogP contribution in [0, 0.1) is 0 Å². The van der Waals surface area contributed by atoms with Gasteiger partial charge in [-0.2, -0.15) is 13.2 Å². The number of carbonyl (C=O) groups excluding carboxylic acids is 1. The third-order valence-corrected chi connectivity index (χ3v) is 3.15. The van der Waals surface area contributed by atoms with Crippen LogP contribution in [-0.2, 0) is 22.8 Å². The Morgan fingerprint density at radius 3 is 2.67 bits per heavy atom. The average Bonchev–Trinajstić information content (AvgIpc) is 2.74. The van der Waals surface area contributed by atoms with Crippen LogP contribution in [0.2, 0.25) is 0 Å². The van der Waals surface area contributed by atoms with Crippen LogP contribution >= 0.6 is 0 Å². The summed E-state index contributed by atoms with van der Waals surface area (Å²) >= 11 is 0. The first-order chi connectivity index (χ1) is 9.77. The van der Waals surface area contributed by atoms with E-state index in [0.717, 1.165) is 6.07 Å². The molecule has 1 unspecified atom stereocenters. The number of aryl methyl sites for hydroxylation is 1. The van der Waals surface area contributed by atoms with Gasteiger partial charge in [0, 0.05) is 29.7 Å². The van der Waals surface area contributed by atoms with E-state index in [1.54, 1.807) is 14.0 Å². The van der Waals surface area contributed by atoms with Crippen molar-refractivity contribution in [1.82, 2.24) is 4.57 Å². The summed E-state index contributed by atoms with van der Waals surface area (Å²) in [5.41, 5.74) is -0.721. The molecule has 0 aliphatic heterocycles. The van der Waals surface area contributed by atoms with E-state index >= 15 is 0 Å². The second-order valence-corrected chi connectivity index (χ2v) is 4.55. The second kappa shape index (κ2) is 5.40. The van der Waals surface area contributed by atoms with Gasteiger partial charge in [0.05, 0.1) is 12.2 Å². The van der Waals surface area contributed by atoms with Gasteiger partial charge in [0.1, 0.15) is 0 Å². The van der Waals surface area contributed by atoms with Crippen LogP contribution in [-0.4, -0.2) is 22.2 Å². The summed E-state index contributed by atoms with van der Waals surface area (Å²) in [6.07, 6.45) is -5.02. The van der Waals surface area contributed by atoms with Crippen LogP contribution in [0.4, 0.5) is 13.2 Å². The highest BCUT2D eigenvalue weighted by molar-refractivity contribution is 5.92. The lowest BCUT2D eigenvalue weighted by Gasteiger charge is -2.12. The van der Waals surface area contributed by atoms with Crippen molar-refractivity contribution >= 4 is 16.9 Å². The molecule has 0 bridgehead atoms. The number of halogens is 3. The molecular formula is C14H14F3NO3. The highest BCUT2D eigenvalue weighted by Gasteiger charge is 2.35. The van der Waals surface area contributed by atoms with Gasteiger partial charge < -0.3 is 14.4 Å². The van der Waals surface area contributed by atoms with Crippen LogP contribution in [0.15, 0.2) is 24.4 Å². The molecule has 21 heavy (non-hydrogen) atoms. The summed E-state index contributed by atoms with van der Waals surface area (Å²) in [6.45, 7) is 1.58. The Bertz CT molecular complexity index is 676. The molecule has 1 aromatic carbocycles. The molecule has 0 aliphatic rings. The number of fused-ring (bicyclic) bond motifs is 1.